The van der Waals surface area contributed by atoms with E-state index in [0.29, 0.717) is 19.1 Å². The Morgan fingerprint density at radius 1 is 1.25 bits per heavy atom. The molecule has 0 heterocycles. The van der Waals surface area contributed by atoms with Gasteiger partial charge in [0.05, 0.1) is 19.7 Å². The number of rotatable bonds is 7. The molecule has 136 valence electrons. The van der Waals surface area contributed by atoms with Crippen LogP contribution in [0.5, 0.6) is 5.75 Å². The number of aliphatic imine (C=N–C) groups is 1. The number of amides is 1. The summed E-state index contributed by atoms with van der Waals surface area (Å²) in [6, 6.07) is 6.05. The molecule has 0 saturated carbocycles. The van der Waals surface area contributed by atoms with Gasteiger partial charge in [0.2, 0.25) is 5.91 Å². The molecule has 6 nitrogen and oxygen atoms in total. The fourth-order valence-electron chi connectivity index (χ4n) is 1.96. The number of likely N-dealkylation sites (N-methyl/N-ethyl adjacent to an activating group) is 1. The summed E-state index contributed by atoms with van der Waals surface area (Å²) in [5.41, 5.74) is 2.20. The summed E-state index contributed by atoms with van der Waals surface area (Å²) in [5.74, 6) is 1.54. The van der Waals surface area contributed by atoms with Gasteiger partial charge in [-0.25, -0.2) is 4.99 Å². The van der Waals surface area contributed by atoms with Crippen molar-refractivity contribution in [1.82, 2.24) is 15.5 Å². The van der Waals surface area contributed by atoms with Crippen molar-refractivity contribution in [1.29, 1.82) is 0 Å². The molecule has 1 aromatic rings. The number of hydrogen-bond donors (Lipinski definition) is 2. The molecule has 0 aliphatic rings. The highest BCUT2D eigenvalue weighted by atomic mass is 127. The number of nitrogens with zero attached hydrogens (tertiary/aromatic N) is 2. The van der Waals surface area contributed by atoms with Crippen LogP contribution in [0.1, 0.15) is 25.0 Å². The summed E-state index contributed by atoms with van der Waals surface area (Å²) in [5, 5.41) is 6.18. The number of hydrogen-bond acceptors (Lipinski definition) is 3. The molecule has 0 spiro atoms. The summed E-state index contributed by atoms with van der Waals surface area (Å²) >= 11 is 0. The highest BCUT2D eigenvalue weighted by molar-refractivity contribution is 14.0. The highest BCUT2D eigenvalue weighted by Crippen LogP contribution is 2.19. The summed E-state index contributed by atoms with van der Waals surface area (Å²) in [6.45, 7) is 8.15. The van der Waals surface area contributed by atoms with Crippen LogP contribution in [0.25, 0.3) is 0 Å². The third kappa shape index (κ3) is 7.85. The molecular formula is C17H29IN4O2. The van der Waals surface area contributed by atoms with Crippen molar-refractivity contribution in [3.05, 3.63) is 29.3 Å². The number of halogens is 1. The minimum atomic E-state index is 0. The first-order valence-electron chi connectivity index (χ1n) is 7.92. The molecular weight excluding hydrogens is 419 g/mol. The summed E-state index contributed by atoms with van der Waals surface area (Å²) in [6.07, 6.45) is 0. The van der Waals surface area contributed by atoms with Gasteiger partial charge in [0.15, 0.2) is 5.96 Å². The molecule has 7 heteroatoms. The smallest absolute Gasteiger partial charge is 0.241 e. The Balaban J connectivity index is 0.00000529. The van der Waals surface area contributed by atoms with Crippen molar-refractivity contribution < 1.29 is 9.53 Å². The fraction of sp³-hybridized carbons (Fsp3) is 0.529. The largest absolute Gasteiger partial charge is 0.494 e. The topological polar surface area (TPSA) is 66.0 Å². The summed E-state index contributed by atoms with van der Waals surface area (Å²) in [4.78, 5) is 17.7. The van der Waals surface area contributed by atoms with Gasteiger partial charge in [0, 0.05) is 20.6 Å². The second kappa shape index (κ2) is 11.9. The van der Waals surface area contributed by atoms with Crippen LogP contribution in [-0.2, 0) is 11.3 Å². The van der Waals surface area contributed by atoms with Gasteiger partial charge < -0.3 is 20.3 Å². The van der Waals surface area contributed by atoms with Gasteiger partial charge in [-0.3, -0.25) is 4.79 Å². The Kier molecular flexibility index (Phi) is 11.2. The monoisotopic (exact) mass is 448 g/mol. The van der Waals surface area contributed by atoms with Crippen molar-refractivity contribution >= 4 is 35.8 Å². The Hall–Kier alpha value is -1.51. The van der Waals surface area contributed by atoms with Crippen LogP contribution in [0, 0.1) is 6.92 Å². The lowest BCUT2D eigenvalue weighted by molar-refractivity contribution is -0.127. The lowest BCUT2D eigenvalue weighted by Crippen LogP contribution is -2.42. The normalized spacial score (nSPS) is 10.6. The number of carbonyl (C=O) groups excluding carboxylic acids is 1. The number of guanidine groups is 1. The SMILES string of the molecule is CCNC(=NCc1ccc(OCC)c(C)c1)NCC(=O)N(C)C.I. The minimum Gasteiger partial charge on any atom is -0.494 e. The van der Waals surface area contributed by atoms with E-state index in [-0.39, 0.29) is 36.4 Å². The molecule has 24 heavy (non-hydrogen) atoms. The second-order valence-corrected chi connectivity index (χ2v) is 5.37. The van der Waals surface area contributed by atoms with E-state index >= 15 is 0 Å². The lowest BCUT2D eigenvalue weighted by atomic mass is 10.1. The molecule has 0 fully saturated rings. The van der Waals surface area contributed by atoms with Gasteiger partial charge in [-0.1, -0.05) is 12.1 Å². The van der Waals surface area contributed by atoms with Gasteiger partial charge >= 0.3 is 0 Å². The van der Waals surface area contributed by atoms with Gasteiger partial charge in [0.25, 0.3) is 0 Å². The van der Waals surface area contributed by atoms with Crippen LogP contribution in [0.4, 0.5) is 0 Å². The number of ether oxygens (including phenoxy) is 1. The number of benzene rings is 1. The maximum Gasteiger partial charge on any atom is 0.241 e. The quantitative estimate of drug-likeness (QED) is 0.381. The zero-order valence-electron chi connectivity index (χ0n) is 15.2. The average molecular weight is 448 g/mol. The van der Waals surface area contributed by atoms with E-state index in [1.165, 1.54) is 0 Å². The fourth-order valence-corrected chi connectivity index (χ4v) is 1.96. The van der Waals surface area contributed by atoms with Crippen LogP contribution in [-0.4, -0.2) is 50.6 Å². The van der Waals surface area contributed by atoms with Crippen LogP contribution in [0.15, 0.2) is 23.2 Å². The van der Waals surface area contributed by atoms with Crippen molar-refractivity contribution in [2.45, 2.75) is 27.3 Å². The first-order chi connectivity index (χ1) is 11.0. The minimum absolute atomic E-state index is 0. The molecule has 0 radical (unpaired) electrons. The average Bonchev–Trinajstić information content (AvgIpc) is 2.52. The van der Waals surface area contributed by atoms with Crippen LogP contribution < -0.4 is 15.4 Å². The zero-order chi connectivity index (χ0) is 17.2. The van der Waals surface area contributed by atoms with E-state index < -0.39 is 0 Å². The van der Waals surface area contributed by atoms with Gasteiger partial charge in [-0.15, -0.1) is 24.0 Å². The predicted molar refractivity (Wildman–Crippen MR) is 109 cm³/mol. The molecule has 1 amide bonds. The molecule has 1 rings (SSSR count). The molecule has 0 aliphatic carbocycles. The first-order valence-corrected chi connectivity index (χ1v) is 7.92. The Morgan fingerprint density at radius 2 is 1.96 bits per heavy atom. The van der Waals surface area contributed by atoms with Crippen LogP contribution in [0.3, 0.4) is 0 Å². The van der Waals surface area contributed by atoms with E-state index in [1.54, 1.807) is 19.0 Å². The Labute approximate surface area is 162 Å². The van der Waals surface area contributed by atoms with Crippen molar-refractivity contribution in [3.63, 3.8) is 0 Å². The standard InChI is InChI=1S/C17H28N4O2.HI/c1-6-18-17(20-12-16(22)21(4)5)19-11-14-8-9-15(23-7-2)13(3)10-14;/h8-10H,6-7,11-12H2,1-5H3,(H2,18,19,20);1H. The maximum atomic E-state index is 11.6. The molecule has 0 aromatic heterocycles. The van der Waals surface area contributed by atoms with Crippen molar-refractivity contribution in [2.24, 2.45) is 4.99 Å². The maximum absolute atomic E-state index is 11.6. The van der Waals surface area contributed by atoms with E-state index in [0.717, 1.165) is 23.4 Å². The van der Waals surface area contributed by atoms with E-state index in [2.05, 4.69) is 21.7 Å². The predicted octanol–water partition coefficient (Wildman–Crippen LogP) is 2.16. The molecule has 2 N–H and O–H groups in total. The highest BCUT2D eigenvalue weighted by Gasteiger charge is 2.05. The molecule has 0 saturated heterocycles. The van der Waals surface area contributed by atoms with Crippen molar-refractivity contribution in [2.75, 3.05) is 33.8 Å². The first kappa shape index (κ1) is 22.5. The molecule has 0 atom stereocenters. The second-order valence-electron chi connectivity index (χ2n) is 5.37. The third-order valence-corrected chi connectivity index (χ3v) is 3.21. The Bertz CT molecular complexity index is 547. The molecule has 0 aliphatic heterocycles. The summed E-state index contributed by atoms with van der Waals surface area (Å²) < 4.78 is 5.54. The molecule has 0 bridgehead atoms. The van der Waals surface area contributed by atoms with Crippen LogP contribution in [0.2, 0.25) is 0 Å². The lowest BCUT2D eigenvalue weighted by Gasteiger charge is -2.14. The van der Waals surface area contributed by atoms with Crippen LogP contribution >= 0.6 is 24.0 Å². The van der Waals surface area contributed by atoms with Crippen molar-refractivity contribution in [3.8, 4) is 5.75 Å². The van der Waals surface area contributed by atoms with E-state index in [1.807, 2.05) is 32.9 Å². The van der Waals surface area contributed by atoms with Gasteiger partial charge in [0.1, 0.15) is 5.75 Å². The zero-order valence-corrected chi connectivity index (χ0v) is 17.5. The molecule has 1 aromatic carbocycles. The number of aryl methyl sites for hydroxylation is 1. The van der Waals surface area contributed by atoms with Gasteiger partial charge in [-0.05, 0) is 38.0 Å². The third-order valence-electron chi connectivity index (χ3n) is 3.21. The summed E-state index contributed by atoms with van der Waals surface area (Å²) in [7, 11) is 3.47. The number of nitrogens with one attached hydrogen (secondary N) is 2. The van der Waals surface area contributed by atoms with E-state index in [9.17, 15) is 4.79 Å². The van der Waals surface area contributed by atoms with E-state index in [4.69, 9.17) is 4.74 Å². The number of carbonyl (C=O) groups is 1. The molecule has 0 unspecified atom stereocenters. The Morgan fingerprint density at radius 3 is 2.50 bits per heavy atom. The van der Waals surface area contributed by atoms with Gasteiger partial charge in [-0.2, -0.15) is 0 Å².